The first kappa shape index (κ1) is 20.0. The third kappa shape index (κ3) is 4.83. The van der Waals surface area contributed by atoms with Crippen LogP contribution < -0.4 is 10.1 Å². The average Bonchev–Trinajstić information content (AvgIpc) is 3.23. The SMILES string of the molecule is COc1ccc(-c2noc(CN3CCC(C(=O)Nc4cccc(F)c4)CC3)n2)cc1. The van der Waals surface area contributed by atoms with E-state index < -0.39 is 0 Å². The van der Waals surface area contributed by atoms with Crippen LogP contribution in [0.2, 0.25) is 0 Å². The van der Waals surface area contributed by atoms with Crippen molar-refractivity contribution in [3.63, 3.8) is 0 Å². The number of hydrogen-bond donors (Lipinski definition) is 1. The van der Waals surface area contributed by atoms with Crippen LogP contribution >= 0.6 is 0 Å². The van der Waals surface area contributed by atoms with Gasteiger partial charge in [-0.15, -0.1) is 0 Å². The van der Waals surface area contributed by atoms with E-state index in [9.17, 15) is 9.18 Å². The third-order valence-electron chi connectivity index (χ3n) is 5.23. The Hall–Kier alpha value is -3.26. The number of nitrogens with one attached hydrogen (secondary N) is 1. The molecule has 1 fully saturated rings. The van der Waals surface area contributed by atoms with Crippen LogP contribution in [-0.4, -0.2) is 41.1 Å². The minimum Gasteiger partial charge on any atom is -0.497 e. The second kappa shape index (κ2) is 9.04. The molecule has 2 heterocycles. The number of aromatic nitrogens is 2. The molecule has 0 atom stereocenters. The van der Waals surface area contributed by atoms with E-state index in [0.29, 0.717) is 23.9 Å². The Morgan fingerprint density at radius 2 is 2.00 bits per heavy atom. The predicted molar refractivity (Wildman–Crippen MR) is 109 cm³/mol. The van der Waals surface area contributed by atoms with Gasteiger partial charge >= 0.3 is 0 Å². The van der Waals surface area contributed by atoms with Crippen molar-refractivity contribution in [3.8, 4) is 17.1 Å². The molecule has 156 valence electrons. The van der Waals surface area contributed by atoms with Gasteiger partial charge in [0.05, 0.1) is 13.7 Å². The molecule has 7 nitrogen and oxygen atoms in total. The normalized spacial score (nSPS) is 15.1. The van der Waals surface area contributed by atoms with Crippen molar-refractivity contribution in [2.75, 3.05) is 25.5 Å². The summed E-state index contributed by atoms with van der Waals surface area (Å²) in [6.45, 7) is 2.05. The number of anilines is 1. The quantitative estimate of drug-likeness (QED) is 0.667. The van der Waals surface area contributed by atoms with Crippen molar-refractivity contribution in [2.45, 2.75) is 19.4 Å². The molecule has 1 aliphatic rings. The summed E-state index contributed by atoms with van der Waals surface area (Å²) >= 11 is 0. The molecule has 1 saturated heterocycles. The smallest absolute Gasteiger partial charge is 0.241 e. The van der Waals surface area contributed by atoms with E-state index >= 15 is 0 Å². The van der Waals surface area contributed by atoms with Gasteiger partial charge in [0.1, 0.15) is 11.6 Å². The number of likely N-dealkylation sites (tertiary alicyclic amines) is 1. The lowest BCUT2D eigenvalue weighted by Gasteiger charge is -2.30. The molecule has 2 aromatic carbocycles. The first-order valence-corrected chi connectivity index (χ1v) is 9.86. The molecule has 0 spiro atoms. The van der Waals surface area contributed by atoms with Crippen molar-refractivity contribution in [1.29, 1.82) is 0 Å². The number of benzene rings is 2. The summed E-state index contributed by atoms with van der Waals surface area (Å²) in [6.07, 6.45) is 1.45. The molecule has 0 bridgehead atoms. The Balaban J connectivity index is 1.28. The van der Waals surface area contributed by atoms with Crippen LogP contribution in [0, 0.1) is 11.7 Å². The fraction of sp³-hybridized carbons (Fsp3) is 0.318. The molecule has 30 heavy (non-hydrogen) atoms. The average molecular weight is 410 g/mol. The summed E-state index contributed by atoms with van der Waals surface area (Å²) in [5.74, 6) is 1.32. The number of amides is 1. The minimum absolute atomic E-state index is 0.0696. The van der Waals surface area contributed by atoms with E-state index in [1.807, 2.05) is 24.3 Å². The highest BCUT2D eigenvalue weighted by molar-refractivity contribution is 5.92. The minimum atomic E-state index is -0.365. The van der Waals surface area contributed by atoms with Crippen LogP contribution in [0.4, 0.5) is 10.1 Å². The zero-order chi connectivity index (χ0) is 20.9. The summed E-state index contributed by atoms with van der Waals surface area (Å²) in [5, 5.41) is 6.86. The molecular weight excluding hydrogens is 387 g/mol. The first-order valence-electron chi connectivity index (χ1n) is 9.86. The second-order valence-corrected chi connectivity index (χ2v) is 7.29. The van der Waals surface area contributed by atoms with Crippen LogP contribution in [0.1, 0.15) is 18.7 Å². The largest absolute Gasteiger partial charge is 0.497 e. The van der Waals surface area contributed by atoms with Gasteiger partial charge in [-0.25, -0.2) is 4.39 Å². The van der Waals surface area contributed by atoms with E-state index in [-0.39, 0.29) is 17.6 Å². The second-order valence-electron chi connectivity index (χ2n) is 7.29. The molecule has 0 radical (unpaired) electrons. The Bertz CT molecular complexity index is 998. The molecule has 0 aliphatic carbocycles. The van der Waals surface area contributed by atoms with Gasteiger partial charge in [-0.05, 0) is 68.4 Å². The molecule has 8 heteroatoms. The van der Waals surface area contributed by atoms with Gasteiger partial charge in [-0.2, -0.15) is 4.98 Å². The van der Waals surface area contributed by atoms with Crippen molar-refractivity contribution >= 4 is 11.6 Å². The van der Waals surface area contributed by atoms with Crippen molar-refractivity contribution in [1.82, 2.24) is 15.0 Å². The number of methoxy groups -OCH3 is 1. The zero-order valence-electron chi connectivity index (χ0n) is 16.7. The maximum Gasteiger partial charge on any atom is 0.241 e. The fourth-order valence-corrected chi connectivity index (χ4v) is 3.53. The number of ether oxygens (including phenoxy) is 1. The number of halogens is 1. The van der Waals surface area contributed by atoms with Gasteiger partial charge in [0, 0.05) is 17.2 Å². The summed E-state index contributed by atoms with van der Waals surface area (Å²) in [7, 11) is 1.62. The predicted octanol–water partition coefficient (Wildman–Crippen LogP) is 3.74. The van der Waals surface area contributed by atoms with Crippen LogP contribution in [0.25, 0.3) is 11.4 Å². The number of rotatable bonds is 6. The topological polar surface area (TPSA) is 80.5 Å². The van der Waals surface area contributed by atoms with Crippen LogP contribution in [0.5, 0.6) is 5.75 Å². The number of piperidine rings is 1. The Kier molecular flexibility index (Phi) is 6.04. The van der Waals surface area contributed by atoms with Crippen LogP contribution in [0.15, 0.2) is 53.1 Å². The highest BCUT2D eigenvalue weighted by atomic mass is 19.1. The lowest BCUT2D eigenvalue weighted by atomic mass is 9.96. The first-order chi connectivity index (χ1) is 14.6. The lowest BCUT2D eigenvalue weighted by Crippen LogP contribution is -2.37. The Morgan fingerprint density at radius 3 is 2.70 bits per heavy atom. The molecule has 0 unspecified atom stereocenters. The maximum absolute atomic E-state index is 13.3. The highest BCUT2D eigenvalue weighted by Crippen LogP contribution is 2.23. The van der Waals surface area contributed by atoms with Gasteiger partial charge in [-0.1, -0.05) is 11.2 Å². The van der Waals surface area contributed by atoms with Crippen molar-refractivity contribution in [3.05, 3.63) is 60.2 Å². The Labute approximate surface area is 173 Å². The summed E-state index contributed by atoms with van der Waals surface area (Å²) in [4.78, 5) is 19.1. The van der Waals surface area contributed by atoms with E-state index in [1.54, 1.807) is 19.2 Å². The summed E-state index contributed by atoms with van der Waals surface area (Å²) in [6, 6.07) is 13.4. The monoisotopic (exact) mass is 410 g/mol. The zero-order valence-corrected chi connectivity index (χ0v) is 16.7. The van der Waals surface area contributed by atoms with Crippen molar-refractivity contribution < 1.29 is 18.4 Å². The summed E-state index contributed by atoms with van der Waals surface area (Å²) < 4.78 is 23.8. The Morgan fingerprint density at radius 1 is 1.23 bits per heavy atom. The third-order valence-corrected chi connectivity index (χ3v) is 5.23. The molecule has 3 aromatic rings. The fourth-order valence-electron chi connectivity index (χ4n) is 3.53. The van der Waals surface area contributed by atoms with Gasteiger partial charge in [0.25, 0.3) is 0 Å². The standard InChI is InChI=1S/C22H23FN4O3/c1-29-19-7-5-15(6-8-19)21-25-20(30-26-21)14-27-11-9-16(10-12-27)22(28)24-18-4-2-3-17(23)13-18/h2-8,13,16H,9-12,14H2,1H3,(H,24,28). The van der Waals surface area contributed by atoms with E-state index in [2.05, 4.69) is 20.4 Å². The van der Waals surface area contributed by atoms with E-state index in [1.165, 1.54) is 12.1 Å². The molecule has 0 saturated carbocycles. The van der Waals surface area contributed by atoms with Gasteiger partial charge in [0.2, 0.25) is 17.6 Å². The molecule has 1 N–H and O–H groups in total. The molecule has 1 aliphatic heterocycles. The number of carbonyl (C=O) groups is 1. The molecule has 1 aromatic heterocycles. The molecule has 1 amide bonds. The molecular formula is C22H23FN4O3. The maximum atomic E-state index is 13.3. The van der Waals surface area contributed by atoms with Gasteiger partial charge < -0.3 is 14.6 Å². The number of nitrogens with zero attached hydrogens (tertiary/aromatic N) is 3. The van der Waals surface area contributed by atoms with E-state index in [4.69, 9.17) is 9.26 Å². The van der Waals surface area contributed by atoms with Crippen LogP contribution in [0.3, 0.4) is 0 Å². The number of carbonyl (C=O) groups excluding carboxylic acids is 1. The number of hydrogen-bond acceptors (Lipinski definition) is 6. The molecule has 4 rings (SSSR count). The van der Waals surface area contributed by atoms with Gasteiger partial charge in [-0.3, -0.25) is 9.69 Å². The van der Waals surface area contributed by atoms with Gasteiger partial charge in [0.15, 0.2) is 0 Å². The van der Waals surface area contributed by atoms with Crippen LogP contribution in [-0.2, 0) is 11.3 Å². The summed E-state index contributed by atoms with van der Waals surface area (Å²) in [5.41, 5.74) is 1.35. The lowest BCUT2D eigenvalue weighted by molar-refractivity contribution is -0.121. The van der Waals surface area contributed by atoms with E-state index in [0.717, 1.165) is 37.2 Å². The highest BCUT2D eigenvalue weighted by Gasteiger charge is 2.26. The van der Waals surface area contributed by atoms with Crippen molar-refractivity contribution in [2.24, 2.45) is 5.92 Å².